The number of hydrogen-bond donors (Lipinski definition) is 3. The summed E-state index contributed by atoms with van der Waals surface area (Å²) in [6.45, 7) is 0.685. The van der Waals surface area contributed by atoms with Crippen molar-refractivity contribution in [1.29, 1.82) is 0 Å². The number of amides is 2. The second-order valence-corrected chi connectivity index (χ2v) is 8.96. The van der Waals surface area contributed by atoms with Gasteiger partial charge in [-0.1, -0.05) is 18.2 Å². The number of anilines is 1. The van der Waals surface area contributed by atoms with Crippen molar-refractivity contribution in [1.82, 2.24) is 10.6 Å². The summed E-state index contributed by atoms with van der Waals surface area (Å²) < 4.78 is 5.95. The fourth-order valence-corrected chi connectivity index (χ4v) is 4.70. The Morgan fingerprint density at radius 3 is 2.32 bits per heavy atom. The smallest absolute Gasteiger partial charge is 0.306 e. The van der Waals surface area contributed by atoms with Crippen LogP contribution in [0.3, 0.4) is 0 Å². The maximum atomic E-state index is 12.6. The van der Waals surface area contributed by atoms with Crippen molar-refractivity contribution >= 4 is 23.5 Å². The number of hydrogen-bond acceptors (Lipinski definition) is 5. The van der Waals surface area contributed by atoms with E-state index in [2.05, 4.69) is 10.6 Å². The second-order valence-electron chi connectivity index (χ2n) is 8.96. The summed E-state index contributed by atoms with van der Waals surface area (Å²) in [7, 11) is 1.92. The first-order valence-corrected chi connectivity index (χ1v) is 11.8. The molecule has 2 aromatic rings. The Bertz CT molecular complexity index is 1030. The average Bonchev–Trinajstić information content (AvgIpc) is 3.19. The minimum Gasteiger partial charge on any atom is -0.490 e. The molecule has 0 aromatic heterocycles. The summed E-state index contributed by atoms with van der Waals surface area (Å²) in [5.74, 6) is -0.597. The topological polar surface area (TPSA) is 108 Å². The van der Waals surface area contributed by atoms with Gasteiger partial charge in [0.25, 0.3) is 5.91 Å². The molecule has 0 spiro atoms. The van der Waals surface area contributed by atoms with Crippen molar-refractivity contribution in [2.45, 2.75) is 44.2 Å². The Kier molecular flexibility index (Phi) is 7.35. The Hall–Kier alpha value is -3.55. The number of carbonyl (C=O) groups excluding carboxylic acids is 2. The second kappa shape index (κ2) is 10.6. The number of rotatable bonds is 8. The molecule has 180 valence electrons. The SMILES string of the molecule is CN1c2ccccc2CC1C(=O)NCCNC(=O)c1ccc(OC2CCC(C(=O)O)CC2)cc1. The maximum absolute atomic E-state index is 12.6. The molecule has 2 amide bonds. The number of benzene rings is 2. The number of carboxylic acids is 1. The van der Waals surface area contributed by atoms with Crippen molar-refractivity contribution in [2.75, 3.05) is 25.0 Å². The minimum absolute atomic E-state index is 0.00518. The van der Waals surface area contributed by atoms with Crippen LogP contribution < -0.4 is 20.3 Å². The van der Waals surface area contributed by atoms with E-state index in [4.69, 9.17) is 9.84 Å². The molecule has 1 saturated carbocycles. The van der Waals surface area contributed by atoms with E-state index >= 15 is 0 Å². The monoisotopic (exact) mass is 465 g/mol. The molecule has 8 heteroatoms. The molecule has 0 bridgehead atoms. The normalized spacial score (nSPS) is 21.4. The van der Waals surface area contributed by atoms with E-state index in [-0.39, 0.29) is 29.9 Å². The highest BCUT2D eigenvalue weighted by molar-refractivity contribution is 5.94. The van der Waals surface area contributed by atoms with Crippen LogP contribution in [0.25, 0.3) is 0 Å². The summed E-state index contributed by atoms with van der Waals surface area (Å²) in [5.41, 5.74) is 2.76. The van der Waals surface area contributed by atoms with Crippen LogP contribution in [0.5, 0.6) is 5.75 Å². The van der Waals surface area contributed by atoms with Gasteiger partial charge in [0.05, 0.1) is 12.0 Å². The Balaban J connectivity index is 1.17. The number of nitrogens with zero attached hydrogens (tertiary/aromatic N) is 1. The van der Waals surface area contributed by atoms with E-state index in [0.717, 1.165) is 5.69 Å². The molecule has 4 rings (SSSR count). The van der Waals surface area contributed by atoms with Crippen LogP contribution in [0, 0.1) is 5.92 Å². The van der Waals surface area contributed by atoms with E-state index in [0.29, 0.717) is 56.5 Å². The van der Waals surface area contributed by atoms with Gasteiger partial charge in [0, 0.05) is 37.8 Å². The first-order chi connectivity index (χ1) is 16.4. The van der Waals surface area contributed by atoms with Crippen LogP contribution >= 0.6 is 0 Å². The predicted octanol–water partition coefficient (Wildman–Crippen LogP) is 2.62. The van der Waals surface area contributed by atoms with Gasteiger partial charge in [-0.25, -0.2) is 0 Å². The highest BCUT2D eigenvalue weighted by Gasteiger charge is 2.31. The van der Waals surface area contributed by atoms with Crippen LogP contribution in [0.4, 0.5) is 5.69 Å². The fourth-order valence-electron chi connectivity index (χ4n) is 4.70. The summed E-state index contributed by atoms with van der Waals surface area (Å²) in [6, 6.07) is 14.7. The molecule has 1 atom stereocenters. The summed E-state index contributed by atoms with van der Waals surface area (Å²) in [4.78, 5) is 38.1. The van der Waals surface area contributed by atoms with Gasteiger partial charge in [-0.2, -0.15) is 0 Å². The number of aliphatic carboxylic acids is 1. The van der Waals surface area contributed by atoms with Crippen LogP contribution in [-0.2, 0) is 16.0 Å². The van der Waals surface area contributed by atoms with Crippen molar-refractivity contribution in [3.05, 3.63) is 59.7 Å². The van der Waals surface area contributed by atoms with E-state index < -0.39 is 5.97 Å². The lowest BCUT2D eigenvalue weighted by Crippen LogP contribution is -2.45. The van der Waals surface area contributed by atoms with Crippen LogP contribution in [0.15, 0.2) is 48.5 Å². The maximum Gasteiger partial charge on any atom is 0.306 e. The molecule has 1 aliphatic heterocycles. The van der Waals surface area contributed by atoms with Crippen LogP contribution in [0.2, 0.25) is 0 Å². The van der Waals surface area contributed by atoms with Gasteiger partial charge >= 0.3 is 5.97 Å². The summed E-state index contributed by atoms with van der Waals surface area (Å²) in [6.07, 6.45) is 3.37. The molecule has 0 saturated heterocycles. The first kappa shape index (κ1) is 23.6. The van der Waals surface area contributed by atoms with Crippen molar-refractivity contribution < 1.29 is 24.2 Å². The number of para-hydroxylation sites is 1. The molecular formula is C26H31N3O5. The Labute approximate surface area is 199 Å². The highest BCUT2D eigenvalue weighted by Crippen LogP contribution is 2.30. The molecular weight excluding hydrogens is 434 g/mol. The van der Waals surface area contributed by atoms with Crippen LogP contribution in [0.1, 0.15) is 41.6 Å². The standard InChI is InChI=1S/C26H31N3O5/c1-29-22-5-3-2-4-19(22)16-23(29)25(31)28-15-14-27-24(30)17-6-10-20(11-7-17)34-21-12-8-18(9-13-21)26(32)33/h2-7,10-11,18,21,23H,8-9,12-16H2,1H3,(H,27,30)(H,28,31)(H,32,33). The lowest BCUT2D eigenvalue weighted by atomic mass is 9.87. The average molecular weight is 466 g/mol. The van der Waals surface area contributed by atoms with E-state index in [1.54, 1.807) is 24.3 Å². The van der Waals surface area contributed by atoms with Crippen molar-refractivity contribution in [3.63, 3.8) is 0 Å². The highest BCUT2D eigenvalue weighted by atomic mass is 16.5. The van der Waals surface area contributed by atoms with Crippen molar-refractivity contribution in [3.8, 4) is 5.75 Å². The molecule has 1 fully saturated rings. The number of carboxylic acid groups (broad SMARTS) is 1. The third-order valence-electron chi connectivity index (χ3n) is 6.71. The molecule has 3 N–H and O–H groups in total. The molecule has 1 unspecified atom stereocenters. The zero-order chi connectivity index (χ0) is 24.1. The predicted molar refractivity (Wildman–Crippen MR) is 128 cm³/mol. The number of likely N-dealkylation sites (N-methyl/N-ethyl adjacent to an activating group) is 1. The third kappa shape index (κ3) is 5.50. The van der Waals surface area contributed by atoms with Gasteiger partial charge in [0.15, 0.2) is 0 Å². The van der Waals surface area contributed by atoms with Crippen molar-refractivity contribution in [2.24, 2.45) is 5.92 Å². The van der Waals surface area contributed by atoms with Gasteiger partial charge in [0.1, 0.15) is 11.8 Å². The molecule has 8 nitrogen and oxygen atoms in total. The quantitative estimate of drug-likeness (QED) is 0.518. The lowest BCUT2D eigenvalue weighted by molar-refractivity contribution is -0.143. The Morgan fingerprint density at radius 1 is 0.971 bits per heavy atom. The Morgan fingerprint density at radius 2 is 1.65 bits per heavy atom. The largest absolute Gasteiger partial charge is 0.490 e. The first-order valence-electron chi connectivity index (χ1n) is 11.8. The number of fused-ring (bicyclic) bond motifs is 1. The van der Waals surface area contributed by atoms with E-state index in [1.165, 1.54) is 5.56 Å². The third-order valence-corrected chi connectivity index (χ3v) is 6.71. The van der Waals surface area contributed by atoms with Crippen LogP contribution in [-0.4, -0.2) is 55.2 Å². The van der Waals surface area contributed by atoms with E-state index in [1.807, 2.05) is 36.2 Å². The van der Waals surface area contributed by atoms with Gasteiger partial charge in [-0.15, -0.1) is 0 Å². The minimum atomic E-state index is -0.732. The molecule has 0 radical (unpaired) electrons. The summed E-state index contributed by atoms with van der Waals surface area (Å²) >= 11 is 0. The summed E-state index contributed by atoms with van der Waals surface area (Å²) in [5, 5.41) is 14.8. The number of ether oxygens (including phenoxy) is 1. The molecule has 2 aromatic carbocycles. The van der Waals surface area contributed by atoms with E-state index in [9.17, 15) is 14.4 Å². The molecule has 2 aliphatic rings. The van der Waals surface area contributed by atoms with Gasteiger partial charge in [-0.05, 0) is 61.6 Å². The lowest BCUT2D eigenvalue weighted by Gasteiger charge is -2.26. The fraction of sp³-hybridized carbons (Fsp3) is 0.423. The van der Waals surface area contributed by atoms with Gasteiger partial charge < -0.3 is 25.4 Å². The van der Waals surface area contributed by atoms with Gasteiger partial charge in [-0.3, -0.25) is 14.4 Å². The molecule has 1 aliphatic carbocycles. The number of nitrogens with one attached hydrogen (secondary N) is 2. The van der Waals surface area contributed by atoms with Gasteiger partial charge in [0.2, 0.25) is 5.91 Å². The molecule has 1 heterocycles. The zero-order valence-corrected chi connectivity index (χ0v) is 19.3. The molecule has 34 heavy (non-hydrogen) atoms. The number of carbonyl (C=O) groups is 3. The zero-order valence-electron chi connectivity index (χ0n) is 19.3.